The fourth-order valence-corrected chi connectivity index (χ4v) is 4.49. The van der Waals surface area contributed by atoms with Crippen LogP contribution in [0.15, 0.2) is 46.5 Å². The Bertz CT molecular complexity index is 1490. The molecule has 5 rings (SSSR count). The fourth-order valence-electron chi connectivity index (χ4n) is 4.49. The molecule has 3 atom stereocenters. The maximum Gasteiger partial charge on any atom is 0.433 e. The van der Waals surface area contributed by atoms with Gasteiger partial charge in [0.05, 0.1) is 31.0 Å². The van der Waals surface area contributed by atoms with Gasteiger partial charge in [-0.25, -0.2) is 14.8 Å². The van der Waals surface area contributed by atoms with Crippen LogP contribution in [0.2, 0.25) is 0 Å². The van der Waals surface area contributed by atoms with Crippen molar-refractivity contribution in [2.75, 3.05) is 12.4 Å². The third kappa shape index (κ3) is 4.83. The van der Waals surface area contributed by atoms with E-state index in [1.807, 2.05) is 0 Å². The van der Waals surface area contributed by atoms with E-state index in [9.17, 15) is 27.6 Å². The molecule has 0 spiro atoms. The lowest BCUT2D eigenvalue weighted by Gasteiger charge is -2.42. The summed E-state index contributed by atoms with van der Waals surface area (Å²) < 4.78 is 44.0. The number of hydrogen-bond donors (Lipinski definition) is 1. The Morgan fingerprint density at radius 1 is 1.23 bits per heavy atom. The lowest BCUT2D eigenvalue weighted by atomic mass is 10.1. The van der Waals surface area contributed by atoms with Gasteiger partial charge in [0, 0.05) is 24.9 Å². The maximum atomic E-state index is 13.4. The lowest BCUT2D eigenvalue weighted by Crippen LogP contribution is -2.66. The van der Waals surface area contributed by atoms with Gasteiger partial charge < -0.3 is 19.6 Å². The first-order valence-electron chi connectivity index (χ1n) is 11.9. The Labute approximate surface area is 224 Å². The monoisotopic (exact) mass is 557 g/mol. The van der Waals surface area contributed by atoms with E-state index >= 15 is 0 Å². The summed E-state index contributed by atoms with van der Waals surface area (Å²) in [6.07, 6.45) is 0.890. The molecule has 2 aliphatic heterocycles. The van der Waals surface area contributed by atoms with Crippen molar-refractivity contribution in [3.63, 3.8) is 0 Å². The number of pyridine rings is 1. The van der Waals surface area contributed by atoms with E-state index in [2.05, 4.69) is 30.4 Å². The van der Waals surface area contributed by atoms with E-state index in [1.165, 1.54) is 60.9 Å². The summed E-state index contributed by atoms with van der Waals surface area (Å²) in [5, 5.41) is 6.37. The first-order valence-corrected chi connectivity index (χ1v) is 11.9. The van der Waals surface area contributed by atoms with Crippen LogP contribution in [0.5, 0.6) is 0 Å². The number of aliphatic imine (C=N–C) groups is 1. The molecule has 0 saturated carbocycles. The van der Waals surface area contributed by atoms with Crippen molar-refractivity contribution in [1.29, 1.82) is 0 Å². The van der Waals surface area contributed by atoms with Crippen molar-refractivity contribution in [3.05, 3.63) is 53.9 Å². The quantitative estimate of drug-likeness (QED) is 0.482. The molecule has 0 aromatic carbocycles. The largest absolute Gasteiger partial charge is 0.433 e. The average molecular weight is 557 g/mol. The van der Waals surface area contributed by atoms with Crippen molar-refractivity contribution >= 4 is 30.0 Å². The summed E-state index contributed by atoms with van der Waals surface area (Å²) in [5.41, 5.74) is -0.233. The van der Waals surface area contributed by atoms with Gasteiger partial charge >= 0.3 is 12.2 Å². The third-order valence-corrected chi connectivity index (χ3v) is 6.57. The van der Waals surface area contributed by atoms with E-state index < -0.39 is 48.0 Å². The normalized spacial score (nSPS) is 19.7. The van der Waals surface area contributed by atoms with Crippen molar-refractivity contribution in [1.82, 2.24) is 34.8 Å². The minimum absolute atomic E-state index is 0.0366. The number of nitrogens with zero attached hydrogens (tertiary/aromatic N) is 8. The Kier molecular flexibility index (Phi) is 6.69. The molecule has 16 heteroatoms. The number of alkyl halides is 3. The van der Waals surface area contributed by atoms with Gasteiger partial charge in [0.15, 0.2) is 18.0 Å². The number of fused-ring (bicyclic) bond motifs is 1. The molecule has 40 heavy (non-hydrogen) atoms. The van der Waals surface area contributed by atoms with E-state index in [-0.39, 0.29) is 29.2 Å². The molecule has 208 valence electrons. The molecule has 0 radical (unpaired) electrons. The number of amides is 4. The summed E-state index contributed by atoms with van der Waals surface area (Å²) in [5.74, 6) is -1.08. The standard InChI is InChI=1S/C24H22F3N9O4/c1-12-6-14(7-29-19(12)24(25,26)27)16-8-28-9-17(31-16)32-21(37)13(2)36-11-30-20-18(36)22(38)35(23(39)34(20)3)10-15-4-5-40-33-15/h4-9,11,13,18,20H,10H2,1-3H3,(H,31,32,37)/t13-,18?,20?/m0/s1. The molecule has 5 heterocycles. The van der Waals surface area contributed by atoms with E-state index in [1.54, 1.807) is 6.92 Å². The van der Waals surface area contributed by atoms with E-state index in [4.69, 9.17) is 4.52 Å². The molecule has 0 bridgehead atoms. The SMILES string of the molecule is Cc1cc(-c2cncc(NC(=O)[C@H](C)N3C=NC4C3C(=O)N(Cc3ccon3)C(=O)N4C)n2)cnc1C(F)(F)F. The molecule has 0 aliphatic carbocycles. The number of aromatic nitrogens is 4. The molecule has 3 aromatic heterocycles. The Morgan fingerprint density at radius 3 is 2.67 bits per heavy atom. The highest BCUT2D eigenvalue weighted by Gasteiger charge is 2.51. The van der Waals surface area contributed by atoms with Crippen LogP contribution in [0, 0.1) is 6.92 Å². The van der Waals surface area contributed by atoms with Gasteiger partial charge in [0.1, 0.15) is 23.7 Å². The minimum Gasteiger partial charge on any atom is -0.364 e. The summed E-state index contributed by atoms with van der Waals surface area (Å²) in [4.78, 5) is 59.2. The van der Waals surface area contributed by atoms with Crippen molar-refractivity contribution < 1.29 is 32.1 Å². The maximum absolute atomic E-state index is 13.4. The van der Waals surface area contributed by atoms with Gasteiger partial charge in [-0.3, -0.25) is 24.5 Å². The Balaban J connectivity index is 1.32. The number of carbonyl (C=O) groups excluding carboxylic acids is 3. The van der Waals surface area contributed by atoms with Crippen LogP contribution in [0.4, 0.5) is 23.8 Å². The van der Waals surface area contributed by atoms with Crippen molar-refractivity contribution in [3.8, 4) is 11.3 Å². The summed E-state index contributed by atoms with van der Waals surface area (Å²) >= 11 is 0. The third-order valence-electron chi connectivity index (χ3n) is 6.57. The zero-order chi connectivity index (χ0) is 28.8. The topological polar surface area (TPSA) is 150 Å². The van der Waals surface area contributed by atoms with Gasteiger partial charge in [-0.2, -0.15) is 13.2 Å². The van der Waals surface area contributed by atoms with Crippen LogP contribution in [0.1, 0.15) is 23.9 Å². The van der Waals surface area contributed by atoms with Gasteiger partial charge in [0.2, 0.25) is 5.91 Å². The molecular weight excluding hydrogens is 535 g/mol. The minimum atomic E-state index is -4.59. The first kappa shape index (κ1) is 26.7. The number of urea groups is 1. The molecule has 1 fully saturated rings. The number of imide groups is 1. The number of halogens is 3. The second kappa shape index (κ2) is 10.0. The van der Waals surface area contributed by atoms with E-state index in [0.717, 1.165) is 11.1 Å². The second-order valence-electron chi connectivity index (χ2n) is 9.22. The molecule has 3 aromatic rings. The zero-order valence-corrected chi connectivity index (χ0v) is 21.3. The summed E-state index contributed by atoms with van der Waals surface area (Å²) in [6.45, 7) is 2.72. The highest BCUT2D eigenvalue weighted by molar-refractivity contribution is 6.03. The molecule has 2 aliphatic rings. The second-order valence-corrected chi connectivity index (χ2v) is 9.22. The van der Waals surface area contributed by atoms with Crippen LogP contribution in [-0.2, 0) is 22.3 Å². The number of carbonyl (C=O) groups is 3. The van der Waals surface area contributed by atoms with Crippen LogP contribution in [-0.4, -0.2) is 84.3 Å². The number of likely N-dealkylation sites (N-methyl/N-ethyl adjacent to an activating group) is 1. The van der Waals surface area contributed by atoms with E-state index in [0.29, 0.717) is 5.69 Å². The zero-order valence-electron chi connectivity index (χ0n) is 21.3. The fraction of sp³-hybridized carbons (Fsp3) is 0.333. The Hall–Kier alpha value is -4.89. The van der Waals surface area contributed by atoms with Crippen molar-refractivity contribution in [2.45, 2.75) is 44.8 Å². The average Bonchev–Trinajstić information content (AvgIpc) is 3.59. The summed E-state index contributed by atoms with van der Waals surface area (Å²) in [6, 6.07) is 0.354. The van der Waals surface area contributed by atoms with Gasteiger partial charge in [-0.1, -0.05) is 5.16 Å². The van der Waals surface area contributed by atoms with Crippen LogP contribution in [0.25, 0.3) is 11.3 Å². The number of rotatable bonds is 6. The number of hydrogen-bond acceptors (Lipinski definition) is 10. The van der Waals surface area contributed by atoms with Crippen molar-refractivity contribution in [2.24, 2.45) is 4.99 Å². The predicted molar refractivity (Wildman–Crippen MR) is 131 cm³/mol. The predicted octanol–water partition coefficient (Wildman–Crippen LogP) is 2.31. The molecule has 1 N–H and O–H groups in total. The smallest absolute Gasteiger partial charge is 0.364 e. The molecular formula is C24H22F3N9O4. The highest BCUT2D eigenvalue weighted by Crippen LogP contribution is 2.32. The van der Waals surface area contributed by atoms with Crippen LogP contribution < -0.4 is 5.32 Å². The van der Waals surface area contributed by atoms with Crippen LogP contribution >= 0.6 is 0 Å². The molecule has 13 nitrogen and oxygen atoms in total. The molecule has 4 amide bonds. The Morgan fingerprint density at radius 2 is 2.00 bits per heavy atom. The summed E-state index contributed by atoms with van der Waals surface area (Å²) in [7, 11) is 1.51. The number of aryl methyl sites for hydroxylation is 1. The highest BCUT2D eigenvalue weighted by atomic mass is 19.4. The van der Waals surface area contributed by atoms with Gasteiger partial charge in [0.25, 0.3) is 5.91 Å². The first-order chi connectivity index (χ1) is 19.0. The molecule has 1 saturated heterocycles. The van der Waals surface area contributed by atoms with Gasteiger partial charge in [-0.05, 0) is 25.5 Å². The lowest BCUT2D eigenvalue weighted by molar-refractivity contribution is -0.142. The van der Waals surface area contributed by atoms with Gasteiger partial charge in [-0.15, -0.1) is 0 Å². The molecule has 2 unspecified atom stereocenters. The number of nitrogens with one attached hydrogen (secondary N) is 1. The number of anilines is 1. The van der Waals surface area contributed by atoms with Crippen LogP contribution in [0.3, 0.4) is 0 Å².